The van der Waals surface area contributed by atoms with E-state index in [2.05, 4.69) is 4.74 Å². The van der Waals surface area contributed by atoms with Gasteiger partial charge in [0.2, 0.25) is 5.75 Å². The zero-order chi connectivity index (χ0) is 25.2. The zero-order valence-electron chi connectivity index (χ0n) is 18.6. The van der Waals surface area contributed by atoms with E-state index >= 15 is 4.39 Å². The number of hydrogen-bond donors (Lipinski definition) is 0. The lowest BCUT2D eigenvalue weighted by Crippen LogP contribution is -2.19. The van der Waals surface area contributed by atoms with Crippen molar-refractivity contribution >= 4 is 10.8 Å². The molecule has 0 aliphatic rings. The topological polar surface area (TPSA) is 18.5 Å². The second-order valence-electron chi connectivity index (χ2n) is 8.04. The molecule has 4 rings (SSSR count). The fourth-order valence-corrected chi connectivity index (χ4v) is 3.92. The highest BCUT2D eigenvalue weighted by molar-refractivity contribution is 5.88. The van der Waals surface area contributed by atoms with E-state index in [1.54, 1.807) is 25.3 Å². The van der Waals surface area contributed by atoms with Crippen molar-refractivity contribution in [3.63, 3.8) is 0 Å². The molecule has 0 aliphatic heterocycles. The number of methoxy groups -OCH3 is 1. The first kappa shape index (κ1) is 24.6. The second kappa shape index (κ2) is 10.00. The fourth-order valence-electron chi connectivity index (χ4n) is 3.92. The van der Waals surface area contributed by atoms with E-state index in [0.29, 0.717) is 22.9 Å². The summed E-state index contributed by atoms with van der Waals surface area (Å²) in [5.41, 5.74) is 3.33. The minimum atomic E-state index is -5.22. The monoisotopic (exact) mass is 490 g/mol. The lowest BCUT2D eigenvalue weighted by Gasteiger charge is -2.12. The predicted octanol–water partition coefficient (Wildman–Crippen LogP) is 7.75. The molecule has 0 aliphatic carbocycles. The molecule has 0 radical (unpaired) electrons. The first-order valence-electron chi connectivity index (χ1n) is 10.7. The van der Waals surface area contributed by atoms with Crippen LogP contribution in [0.5, 0.6) is 5.75 Å². The minimum absolute atomic E-state index is 0.0223. The van der Waals surface area contributed by atoms with Crippen molar-refractivity contribution in [3.05, 3.63) is 101 Å². The van der Waals surface area contributed by atoms with Crippen LogP contribution in [-0.2, 0) is 24.2 Å². The van der Waals surface area contributed by atoms with Crippen LogP contribution in [0, 0.1) is 17.5 Å². The molecular formula is C27H20F6O2. The van der Waals surface area contributed by atoms with E-state index in [4.69, 9.17) is 4.74 Å². The van der Waals surface area contributed by atoms with Crippen LogP contribution in [0.2, 0.25) is 0 Å². The minimum Gasteiger partial charge on any atom is -0.399 e. The normalized spacial score (nSPS) is 11.7. The molecule has 0 spiro atoms. The highest BCUT2D eigenvalue weighted by Crippen LogP contribution is 2.31. The molecule has 0 amide bonds. The number of rotatable bonds is 7. The quantitative estimate of drug-likeness (QED) is 0.247. The smallest absolute Gasteiger partial charge is 0.399 e. The van der Waals surface area contributed by atoms with E-state index in [1.807, 2.05) is 36.4 Å². The largest absolute Gasteiger partial charge is 0.573 e. The molecule has 182 valence electrons. The summed E-state index contributed by atoms with van der Waals surface area (Å²) in [7, 11) is 1.62. The number of fused-ring (bicyclic) bond motifs is 1. The van der Waals surface area contributed by atoms with Crippen molar-refractivity contribution in [3.8, 4) is 16.9 Å². The summed E-state index contributed by atoms with van der Waals surface area (Å²) >= 11 is 0. The van der Waals surface area contributed by atoms with Gasteiger partial charge in [0.25, 0.3) is 0 Å². The van der Waals surface area contributed by atoms with Gasteiger partial charge in [-0.2, -0.15) is 0 Å². The molecule has 0 bridgehead atoms. The molecule has 0 aromatic heterocycles. The van der Waals surface area contributed by atoms with Gasteiger partial charge in [-0.3, -0.25) is 0 Å². The van der Waals surface area contributed by atoms with Crippen LogP contribution >= 0.6 is 0 Å². The van der Waals surface area contributed by atoms with Gasteiger partial charge in [0.15, 0.2) is 11.6 Å². The standard InChI is InChI=1S/C27H20F6O2/c1-34-15-16-2-5-18(6-3-16)20-10-11-22-21(14-20)9-8-19(25(22)30)7-4-17-12-23(28)26(24(29)13-17)35-27(31,32)33/h2-3,5-6,8-14H,4,7,15H2,1H3. The summed E-state index contributed by atoms with van der Waals surface area (Å²) in [4.78, 5) is 0. The first-order chi connectivity index (χ1) is 16.6. The van der Waals surface area contributed by atoms with Crippen LogP contribution in [0.3, 0.4) is 0 Å². The first-order valence-corrected chi connectivity index (χ1v) is 10.7. The summed E-state index contributed by atoms with van der Waals surface area (Å²) in [6.07, 6.45) is -5.10. The number of alkyl halides is 3. The van der Waals surface area contributed by atoms with Gasteiger partial charge in [-0.15, -0.1) is 13.2 Å². The van der Waals surface area contributed by atoms with Gasteiger partial charge in [0.1, 0.15) is 5.82 Å². The summed E-state index contributed by atoms with van der Waals surface area (Å²) in [5, 5.41) is 1.09. The third-order valence-electron chi connectivity index (χ3n) is 5.59. The summed E-state index contributed by atoms with van der Waals surface area (Å²) in [6, 6.07) is 18.1. The predicted molar refractivity (Wildman–Crippen MR) is 121 cm³/mol. The van der Waals surface area contributed by atoms with E-state index in [1.165, 1.54) is 0 Å². The number of halogens is 6. The molecule has 0 saturated heterocycles. The van der Waals surface area contributed by atoms with Gasteiger partial charge in [-0.05, 0) is 64.2 Å². The molecule has 0 saturated carbocycles. The highest BCUT2D eigenvalue weighted by atomic mass is 19.4. The van der Waals surface area contributed by atoms with Gasteiger partial charge < -0.3 is 9.47 Å². The molecule has 4 aromatic rings. The molecule has 35 heavy (non-hydrogen) atoms. The Hall–Kier alpha value is -3.52. The van der Waals surface area contributed by atoms with Crippen LogP contribution in [0.4, 0.5) is 26.3 Å². The zero-order valence-corrected chi connectivity index (χ0v) is 18.6. The third-order valence-corrected chi connectivity index (χ3v) is 5.59. The maximum Gasteiger partial charge on any atom is 0.573 e. The molecule has 8 heteroatoms. The lowest BCUT2D eigenvalue weighted by atomic mass is 9.97. The van der Waals surface area contributed by atoms with Crippen molar-refractivity contribution in [1.29, 1.82) is 0 Å². The Morgan fingerprint density at radius 3 is 2.00 bits per heavy atom. The third kappa shape index (κ3) is 5.77. The van der Waals surface area contributed by atoms with E-state index in [-0.39, 0.29) is 18.4 Å². The van der Waals surface area contributed by atoms with Crippen LogP contribution in [0.1, 0.15) is 16.7 Å². The summed E-state index contributed by atoms with van der Waals surface area (Å²) < 4.78 is 88.5. The van der Waals surface area contributed by atoms with E-state index < -0.39 is 29.6 Å². The van der Waals surface area contributed by atoms with Gasteiger partial charge in [0.05, 0.1) is 6.61 Å². The van der Waals surface area contributed by atoms with Gasteiger partial charge >= 0.3 is 6.36 Å². The Balaban J connectivity index is 1.53. The highest BCUT2D eigenvalue weighted by Gasteiger charge is 2.34. The van der Waals surface area contributed by atoms with Crippen LogP contribution < -0.4 is 4.74 Å². The Morgan fingerprint density at radius 2 is 1.37 bits per heavy atom. The molecular weight excluding hydrogens is 470 g/mol. The summed E-state index contributed by atoms with van der Waals surface area (Å²) in [5.74, 6) is -4.91. The van der Waals surface area contributed by atoms with Crippen LogP contribution in [0.25, 0.3) is 21.9 Å². The SMILES string of the molecule is COCc1ccc(-c2ccc3c(F)c(CCc4cc(F)c(OC(F)(F)F)c(F)c4)ccc3c2)cc1. The van der Waals surface area contributed by atoms with Crippen molar-refractivity contribution in [1.82, 2.24) is 0 Å². The molecule has 0 N–H and O–H groups in total. The van der Waals surface area contributed by atoms with Crippen molar-refractivity contribution in [2.45, 2.75) is 25.8 Å². The maximum atomic E-state index is 15.1. The summed E-state index contributed by atoms with van der Waals surface area (Å²) in [6.45, 7) is 0.511. The molecule has 0 atom stereocenters. The average molecular weight is 490 g/mol. The molecule has 4 aromatic carbocycles. The van der Waals surface area contributed by atoms with Crippen molar-refractivity contribution in [2.24, 2.45) is 0 Å². The fraction of sp³-hybridized carbons (Fsp3) is 0.185. The Morgan fingerprint density at radius 1 is 0.714 bits per heavy atom. The number of ether oxygens (including phenoxy) is 2. The van der Waals surface area contributed by atoms with Gasteiger partial charge in [0, 0.05) is 12.5 Å². The maximum absolute atomic E-state index is 15.1. The Labute approximate surface area is 197 Å². The number of hydrogen-bond acceptors (Lipinski definition) is 2. The molecule has 2 nitrogen and oxygen atoms in total. The molecule has 0 heterocycles. The Bertz CT molecular complexity index is 1320. The molecule has 0 unspecified atom stereocenters. The van der Waals surface area contributed by atoms with Crippen LogP contribution in [-0.4, -0.2) is 13.5 Å². The van der Waals surface area contributed by atoms with Crippen LogP contribution in [0.15, 0.2) is 66.7 Å². The second-order valence-corrected chi connectivity index (χ2v) is 8.04. The molecule has 0 fully saturated rings. The number of benzene rings is 4. The van der Waals surface area contributed by atoms with Crippen molar-refractivity contribution < 1.29 is 35.8 Å². The number of aryl methyl sites for hydroxylation is 2. The van der Waals surface area contributed by atoms with Gasteiger partial charge in [-0.1, -0.05) is 48.5 Å². The average Bonchev–Trinajstić information content (AvgIpc) is 2.81. The van der Waals surface area contributed by atoms with Crippen molar-refractivity contribution in [2.75, 3.05) is 7.11 Å². The van der Waals surface area contributed by atoms with E-state index in [0.717, 1.165) is 28.8 Å². The van der Waals surface area contributed by atoms with E-state index in [9.17, 15) is 22.0 Å². The lowest BCUT2D eigenvalue weighted by molar-refractivity contribution is -0.276. The Kier molecular flexibility index (Phi) is 7.03. The van der Waals surface area contributed by atoms with Gasteiger partial charge in [-0.25, -0.2) is 13.2 Å².